The average molecular weight is 412 g/mol. The third-order valence-corrected chi connectivity index (χ3v) is 5.38. The number of hydrogen-bond acceptors (Lipinski definition) is 5. The largest absolute Gasteiger partial charge is 0.497 e. The maximum atomic E-state index is 12.6. The third kappa shape index (κ3) is 5.51. The number of anilines is 1. The summed E-state index contributed by atoms with van der Waals surface area (Å²) in [4.78, 5) is 29.0. The molecule has 0 aromatic heterocycles. The fourth-order valence-corrected chi connectivity index (χ4v) is 3.53. The van der Waals surface area contributed by atoms with Crippen LogP contribution in [0.2, 0.25) is 0 Å². The van der Waals surface area contributed by atoms with Gasteiger partial charge in [0, 0.05) is 32.2 Å². The van der Waals surface area contributed by atoms with Crippen molar-refractivity contribution in [2.45, 2.75) is 13.3 Å². The predicted molar refractivity (Wildman–Crippen MR) is 116 cm³/mol. The average Bonchev–Trinajstić information content (AvgIpc) is 2.76. The summed E-state index contributed by atoms with van der Waals surface area (Å²) < 4.78 is 10.5. The topological polar surface area (TPSA) is 71.1 Å². The Kier molecular flexibility index (Phi) is 7.30. The zero-order valence-corrected chi connectivity index (χ0v) is 17.8. The van der Waals surface area contributed by atoms with Crippen LogP contribution in [0.3, 0.4) is 0 Å². The molecule has 1 saturated heterocycles. The molecule has 30 heavy (non-hydrogen) atoms. The minimum Gasteiger partial charge on any atom is -0.497 e. The number of rotatable bonds is 7. The van der Waals surface area contributed by atoms with Gasteiger partial charge >= 0.3 is 0 Å². The number of carbonyl (C=O) groups excluding carboxylic acids is 2. The summed E-state index contributed by atoms with van der Waals surface area (Å²) in [6, 6.07) is 13.2. The minimum atomic E-state index is -0.113. The molecule has 7 nitrogen and oxygen atoms in total. The van der Waals surface area contributed by atoms with Crippen molar-refractivity contribution < 1.29 is 19.1 Å². The van der Waals surface area contributed by atoms with E-state index in [4.69, 9.17) is 9.47 Å². The molecule has 1 fully saturated rings. The maximum Gasteiger partial charge on any atom is 0.238 e. The Hall–Kier alpha value is -3.06. The third-order valence-electron chi connectivity index (χ3n) is 5.38. The fourth-order valence-electron chi connectivity index (χ4n) is 3.53. The lowest BCUT2D eigenvalue weighted by Crippen LogP contribution is -2.50. The van der Waals surface area contributed by atoms with Crippen molar-refractivity contribution in [1.82, 2.24) is 9.80 Å². The summed E-state index contributed by atoms with van der Waals surface area (Å²) in [7, 11) is 3.13. The van der Waals surface area contributed by atoms with Gasteiger partial charge in [0.15, 0.2) is 0 Å². The Balaban J connectivity index is 1.48. The molecule has 0 aliphatic carbocycles. The van der Waals surface area contributed by atoms with Crippen LogP contribution in [-0.4, -0.2) is 68.6 Å². The van der Waals surface area contributed by atoms with Gasteiger partial charge in [0.1, 0.15) is 11.5 Å². The Morgan fingerprint density at radius 2 is 1.73 bits per heavy atom. The Labute approximate surface area is 177 Å². The number of hydrogen-bond donors (Lipinski definition) is 1. The number of aryl methyl sites for hydroxylation is 1. The van der Waals surface area contributed by atoms with E-state index >= 15 is 0 Å². The number of ether oxygens (including phenoxy) is 2. The number of piperazine rings is 1. The maximum absolute atomic E-state index is 12.6. The number of amides is 2. The van der Waals surface area contributed by atoms with Gasteiger partial charge < -0.3 is 19.7 Å². The molecule has 1 aliphatic rings. The molecule has 1 N–H and O–H groups in total. The molecule has 0 saturated carbocycles. The summed E-state index contributed by atoms with van der Waals surface area (Å²) in [6.45, 7) is 4.90. The molecule has 7 heteroatoms. The number of carbonyl (C=O) groups is 2. The molecule has 0 radical (unpaired) electrons. The predicted octanol–water partition coefficient (Wildman–Crippen LogP) is 2.34. The van der Waals surface area contributed by atoms with E-state index < -0.39 is 0 Å². The number of nitrogens with zero attached hydrogens (tertiary/aromatic N) is 2. The van der Waals surface area contributed by atoms with Gasteiger partial charge in [-0.3, -0.25) is 14.5 Å². The van der Waals surface area contributed by atoms with Crippen molar-refractivity contribution in [1.29, 1.82) is 0 Å². The highest BCUT2D eigenvalue weighted by Gasteiger charge is 2.23. The second-order valence-corrected chi connectivity index (χ2v) is 7.37. The highest BCUT2D eigenvalue weighted by Crippen LogP contribution is 2.29. The lowest BCUT2D eigenvalue weighted by Gasteiger charge is -2.34. The van der Waals surface area contributed by atoms with Crippen LogP contribution in [-0.2, 0) is 16.0 Å². The van der Waals surface area contributed by atoms with Crippen LogP contribution < -0.4 is 14.8 Å². The smallest absolute Gasteiger partial charge is 0.238 e. The van der Waals surface area contributed by atoms with Gasteiger partial charge in [-0.15, -0.1) is 0 Å². The monoisotopic (exact) mass is 411 g/mol. The molecular formula is C23H29N3O4. The Morgan fingerprint density at radius 3 is 2.40 bits per heavy atom. The van der Waals surface area contributed by atoms with Crippen LogP contribution in [0.1, 0.15) is 11.1 Å². The number of methoxy groups -OCH3 is 2. The first-order valence-corrected chi connectivity index (χ1v) is 10.1. The first-order valence-electron chi connectivity index (χ1n) is 10.1. The molecular weight excluding hydrogens is 382 g/mol. The van der Waals surface area contributed by atoms with Gasteiger partial charge in [0.2, 0.25) is 11.8 Å². The molecule has 2 aromatic carbocycles. The van der Waals surface area contributed by atoms with E-state index in [0.29, 0.717) is 49.8 Å². The summed E-state index contributed by atoms with van der Waals surface area (Å²) in [6.07, 6.45) is 0.421. The molecule has 0 atom stereocenters. The van der Waals surface area contributed by atoms with Crippen molar-refractivity contribution >= 4 is 17.5 Å². The quantitative estimate of drug-likeness (QED) is 0.757. The van der Waals surface area contributed by atoms with Gasteiger partial charge in [-0.25, -0.2) is 0 Å². The SMILES string of the molecule is COc1ccc(NC(=O)CN2CCN(C(=O)Cc3ccccc3C)CC2)c(OC)c1. The van der Waals surface area contributed by atoms with Crippen LogP contribution in [0.4, 0.5) is 5.69 Å². The number of nitrogens with one attached hydrogen (secondary N) is 1. The van der Waals surface area contributed by atoms with Crippen LogP contribution in [0, 0.1) is 6.92 Å². The molecule has 0 unspecified atom stereocenters. The highest BCUT2D eigenvalue weighted by atomic mass is 16.5. The summed E-state index contributed by atoms with van der Waals surface area (Å²) in [5.74, 6) is 1.24. The van der Waals surface area contributed by atoms with Gasteiger partial charge in [-0.2, -0.15) is 0 Å². The Morgan fingerprint density at radius 1 is 1.00 bits per heavy atom. The molecule has 3 rings (SSSR count). The van der Waals surface area contributed by atoms with E-state index in [1.54, 1.807) is 32.4 Å². The van der Waals surface area contributed by atoms with Crippen LogP contribution in [0.25, 0.3) is 0 Å². The van der Waals surface area contributed by atoms with Crippen molar-refractivity contribution in [3.8, 4) is 11.5 Å². The number of benzene rings is 2. The Bertz CT molecular complexity index is 892. The lowest BCUT2D eigenvalue weighted by molar-refractivity contribution is -0.132. The lowest BCUT2D eigenvalue weighted by atomic mass is 10.1. The first kappa shape index (κ1) is 21.6. The van der Waals surface area contributed by atoms with Crippen LogP contribution in [0.5, 0.6) is 11.5 Å². The van der Waals surface area contributed by atoms with Crippen molar-refractivity contribution in [2.75, 3.05) is 52.3 Å². The van der Waals surface area contributed by atoms with Gasteiger partial charge in [0.05, 0.1) is 32.9 Å². The fraction of sp³-hybridized carbons (Fsp3) is 0.391. The summed E-state index contributed by atoms with van der Waals surface area (Å²) in [5, 5.41) is 2.89. The second kappa shape index (κ2) is 10.1. The summed E-state index contributed by atoms with van der Waals surface area (Å²) in [5.41, 5.74) is 2.81. The molecule has 1 aliphatic heterocycles. The van der Waals surface area contributed by atoms with Crippen molar-refractivity contribution in [3.05, 3.63) is 53.6 Å². The molecule has 0 spiro atoms. The summed E-state index contributed by atoms with van der Waals surface area (Å²) >= 11 is 0. The molecule has 160 valence electrons. The van der Waals surface area contributed by atoms with Crippen LogP contribution in [0.15, 0.2) is 42.5 Å². The van der Waals surface area contributed by atoms with E-state index in [1.807, 2.05) is 36.1 Å². The minimum absolute atomic E-state index is 0.113. The van der Waals surface area contributed by atoms with Gasteiger partial charge in [0.25, 0.3) is 0 Å². The molecule has 2 aromatic rings. The van der Waals surface area contributed by atoms with Crippen LogP contribution >= 0.6 is 0 Å². The highest BCUT2D eigenvalue weighted by molar-refractivity contribution is 5.93. The van der Waals surface area contributed by atoms with Gasteiger partial charge in [-0.1, -0.05) is 24.3 Å². The van der Waals surface area contributed by atoms with E-state index in [0.717, 1.165) is 11.1 Å². The van der Waals surface area contributed by atoms with E-state index in [-0.39, 0.29) is 18.4 Å². The molecule has 0 bridgehead atoms. The molecule has 1 heterocycles. The van der Waals surface area contributed by atoms with Crippen molar-refractivity contribution in [3.63, 3.8) is 0 Å². The first-order chi connectivity index (χ1) is 14.5. The van der Waals surface area contributed by atoms with E-state index in [2.05, 4.69) is 10.2 Å². The normalized spacial score (nSPS) is 14.3. The van der Waals surface area contributed by atoms with E-state index in [1.165, 1.54) is 0 Å². The van der Waals surface area contributed by atoms with E-state index in [9.17, 15) is 9.59 Å². The van der Waals surface area contributed by atoms with Crippen molar-refractivity contribution in [2.24, 2.45) is 0 Å². The zero-order valence-electron chi connectivity index (χ0n) is 17.8. The zero-order chi connectivity index (χ0) is 21.5. The standard InChI is InChI=1S/C23H29N3O4/c1-17-6-4-5-7-18(17)14-23(28)26-12-10-25(11-13-26)16-22(27)24-20-9-8-19(29-2)15-21(20)30-3/h4-9,15H,10-14,16H2,1-3H3,(H,24,27). The molecule has 2 amide bonds. The van der Waals surface area contributed by atoms with Gasteiger partial charge in [-0.05, 0) is 30.2 Å². The second-order valence-electron chi connectivity index (χ2n) is 7.37.